The Morgan fingerprint density at radius 1 is 1.37 bits per heavy atom. The zero-order valence-corrected chi connectivity index (χ0v) is 13.0. The average Bonchev–Trinajstić information content (AvgIpc) is 2.81. The highest BCUT2D eigenvalue weighted by Crippen LogP contribution is 2.22. The van der Waals surface area contributed by atoms with Crippen LogP contribution in [0.5, 0.6) is 0 Å². The molecule has 7 heteroatoms. The van der Waals surface area contributed by atoms with E-state index >= 15 is 0 Å². The molecule has 19 heavy (non-hydrogen) atoms. The molecular formula is C12H27N3O3S. The van der Waals surface area contributed by atoms with E-state index in [-0.39, 0.29) is 12.1 Å². The third-order valence-electron chi connectivity index (χ3n) is 3.52. The smallest absolute Gasteiger partial charge is 0.279 e. The minimum absolute atomic E-state index is 0.00571. The average molecular weight is 293 g/mol. The van der Waals surface area contributed by atoms with E-state index in [1.54, 1.807) is 14.2 Å². The van der Waals surface area contributed by atoms with Crippen LogP contribution in [0, 0.1) is 0 Å². The first-order valence-electron chi connectivity index (χ1n) is 6.96. The third-order valence-corrected chi connectivity index (χ3v) is 5.15. The van der Waals surface area contributed by atoms with Gasteiger partial charge in [-0.15, -0.1) is 0 Å². The van der Waals surface area contributed by atoms with Gasteiger partial charge in [0.05, 0.1) is 6.10 Å². The van der Waals surface area contributed by atoms with Gasteiger partial charge in [-0.2, -0.15) is 17.4 Å². The Balaban J connectivity index is 2.34. The Morgan fingerprint density at radius 3 is 2.68 bits per heavy atom. The monoisotopic (exact) mass is 293 g/mol. The second kappa shape index (κ2) is 8.16. The van der Waals surface area contributed by atoms with E-state index in [9.17, 15) is 8.42 Å². The summed E-state index contributed by atoms with van der Waals surface area (Å²) in [7, 11) is -0.0655. The van der Waals surface area contributed by atoms with Crippen LogP contribution in [0.1, 0.15) is 32.6 Å². The van der Waals surface area contributed by atoms with E-state index in [2.05, 4.69) is 10.0 Å². The molecule has 0 bridgehead atoms. The molecule has 2 unspecified atom stereocenters. The SMILES string of the molecule is CCNCCCN(C)S(=O)(=O)NC1CCC(OC)C1. The molecule has 1 aliphatic carbocycles. The zero-order chi connectivity index (χ0) is 14.3. The number of rotatable bonds is 9. The molecule has 0 radical (unpaired) electrons. The van der Waals surface area contributed by atoms with E-state index < -0.39 is 10.2 Å². The molecule has 0 heterocycles. The lowest BCUT2D eigenvalue weighted by molar-refractivity contribution is 0.107. The van der Waals surface area contributed by atoms with Gasteiger partial charge in [0, 0.05) is 26.7 Å². The number of hydrogen-bond donors (Lipinski definition) is 2. The number of ether oxygens (including phenoxy) is 1. The van der Waals surface area contributed by atoms with Crippen molar-refractivity contribution in [3.05, 3.63) is 0 Å². The molecule has 6 nitrogen and oxygen atoms in total. The minimum atomic E-state index is -3.36. The zero-order valence-electron chi connectivity index (χ0n) is 12.2. The minimum Gasteiger partial charge on any atom is -0.381 e. The van der Waals surface area contributed by atoms with Crippen LogP contribution in [0.2, 0.25) is 0 Å². The van der Waals surface area contributed by atoms with Gasteiger partial charge in [-0.05, 0) is 38.8 Å². The van der Waals surface area contributed by atoms with Crippen LogP contribution in [0.4, 0.5) is 0 Å². The Hall–Kier alpha value is -0.210. The Kier molecular flexibility index (Phi) is 7.23. The van der Waals surface area contributed by atoms with Crippen LogP contribution >= 0.6 is 0 Å². The van der Waals surface area contributed by atoms with Gasteiger partial charge in [0.2, 0.25) is 0 Å². The van der Waals surface area contributed by atoms with Gasteiger partial charge in [-0.1, -0.05) is 6.92 Å². The fourth-order valence-corrected chi connectivity index (χ4v) is 3.47. The number of methoxy groups -OCH3 is 1. The van der Waals surface area contributed by atoms with Gasteiger partial charge in [0.15, 0.2) is 0 Å². The van der Waals surface area contributed by atoms with Gasteiger partial charge < -0.3 is 10.1 Å². The second-order valence-corrected chi connectivity index (χ2v) is 6.83. The molecule has 0 aromatic carbocycles. The van der Waals surface area contributed by atoms with Crippen LogP contribution < -0.4 is 10.0 Å². The van der Waals surface area contributed by atoms with Gasteiger partial charge in [-0.25, -0.2) is 0 Å². The van der Waals surface area contributed by atoms with Crippen molar-refractivity contribution in [2.45, 2.75) is 44.8 Å². The molecular weight excluding hydrogens is 266 g/mol. The normalized spacial score (nSPS) is 24.2. The van der Waals surface area contributed by atoms with Crippen molar-refractivity contribution in [1.29, 1.82) is 0 Å². The first-order chi connectivity index (χ1) is 8.99. The fraction of sp³-hybridized carbons (Fsp3) is 1.00. The van der Waals surface area contributed by atoms with Crippen molar-refractivity contribution < 1.29 is 13.2 Å². The van der Waals surface area contributed by atoms with Crippen LogP contribution in [0.3, 0.4) is 0 Å². The van der Waals surface area contributed by atoms with Crippen LogP contribution in [0.25, 0.3) is 0 Å². The second-order valence-electron chi connectivity index (χ2n) is 5.02. The van der Waals surface area contributed by atoms with E-state index in [4.69, 9.17) is 4.74 Å². The first-order valence-corrected chi connectivity index (χ1v) is 8.40. The van der Waals surface area contributed by atoms with Gasteiger partial charge in [0.25, 0.3) is 10.2 Å². The summed E-state index contributed by atoms with van der Waals surface area (Å²) in [5.41, 5.74) is 0. The van der Waals surface area contributed by atoms with Crippen molar-refractivity contribution in [3.8, 4) is 0 Å². The van der Waals surface area contributed by atoms with E-state index in [1.165, 1.54) is 4.31 Å². The van der Waals surface area contributed by atoms with Crippen LogP contribution in [0.15, 0.2) is 0 Å². The van der Waals surface area contributed by atoms with Gasteiger partial charge in [0.1, 0.15) is 0 Å². The maximum absolute atomic E-state index is 12.1. The molecule has 1 fully saturated rings. The maximum atomic E-state index is 12.1. The van der Waals surface area contributed by atoms with Crippen molar-refractivity contribution in [1.82, 2.24) is 14.3 Å². The summed E-state index contributed by atoms with van der Waals surface area (Å²) in [6.45, 7) is 4.32. The molecule has 0 spiro atoms. The maximum Gasteiger partial charge on any atom is 0.279 e. The molecule has 0 amide bonds. The lowest BCUT2D eigenvalue weighted by Gasteiger charge is -2.20. The van der Waals surface area contributed by atoms with Crippen molar-refractivity contribution in [2.75, 3.05) is 33.8 Å². The fourth-order valence-electron chi connectivity index (χ4n) is 2.29. The molecule has 0 aliphatic heterocycles. The summed E-state index contributed by atoms with van der Waals surface area (Å²) < 4.78 is 33.6. The Bertz CT molecular complexity index is 348. The van der Waals surface area contributed by atoms with Gasteiger partial charge >= 0.3 is 0 Å². The quantitative estimate of drug-likeness (QED) is 0.601. The molecule has 1 saturated carbocycles. The molecule has 0 aromatic rings. The molecule has 2 atom stereocenters. The highest BCUT2D eigenvalue weighted by molar-refractivity contribution is 7.87. The Labute approximate surface area is 117 Å². The molecule has 0 aromatic heterocycles. The topological polar surface area (TPSA) is 70.7 Å². The van der Waals surface area contributed by atoms with E-state index in [0.29, 0.717) is 6.54 Å². The highest BCUT2D eigenvalue weighted by Gasteiger charge is 2.29. The van der Waals surface area contributed by atoms with Crippen molar-refractivity contribution in [3.63, 3.8) is 0 Å². The van der Waals surface area contributed by atoms with Crippen molar-refractivity contribution in [2.24, 2.45) is 0 Å². The lowest BCUT2D eigenvalue weighted by Crippen LogP contribution is -2.43. The number of hydrogen-bond acceptors (Lipinski definition) is 4. The number of nitrogens with zero attached hydrogens (tertiary/aromatic N) is 1. The first kappa shape index (κ1) is 16.8. The summed E-state index contributed by atoms with van der Waals surface area (Å²) in [6.07, 6.45) is 3.54. The van der Waals surface area contributed by atoms with E-state index in [1.807, 2.05) is 6.92 Å². The molecule has 114 valence electrons. The summed E-state index contributed by atoms with van der Waals surface area (Å²) in [5.74, 6) is 0. The third kappa shape index (κ3) is 5.74. The van der Waals surface area contributed by atoms with Crippen LogP contribution in [-0.2, 0) is 14.9 Å². The molecule has 1 aliphatic rings. The molecule has 0 saturated heterocycles. The summed E-state index contributed by atoms with van der Waals surface area (Å²) in [6, 6.07) is 0.00571. The standard InChI is InChI=1S/C12H27N3O3S/c1-4-13-8-5-9-15(2)19(16,17)14-11-6-7-12(10-11)18-3/h11-14H,4-10H2,1-3H3. The molecule has 1 rings (SSSR count). The summed E-state index contributed by atoms with van der Waals surface area (Å²) in [5, 5.41) is 3.18. The Morgan fingerprint density at radius 2 is 2.11 bits per heavy atom. The predicted molar refractivity (Wildman–Crippen MR) is 76.3 cm³/mol. The lowest BCUT2D eigenvalue weighted by atomic mass is 10.3. The largest absolute Gasteiger partial charge is 0.381 e. The van der Waals surface area contributed by atoms with E-state index in [0.717, 1.165) is 38.8 Å². The summed E-state index contributed by atoms with van der Waals surface area (Å²) >= 11 is 0. The predicted octanol–water partition coefficient (Wildman–Crippen LogP) is 0.320. The highest BCUT2D eigenvalue weighted by atomic mass is 32.2. The van der Waals surface area contributed by atoms with Crippen molar-refractivity contribution >= 4 is 10.2 Å². The summed E-state index contributed by atoms with van der Waals surface area (Å²) in [4.78, 5) is 0. The van der Waals surface area contributed by atoms with Crippen LogP contribution in [-0.4, -0.2) is 58.7 Å². The number of nitrogens with one attached hydrogen (secondary N) is 2. The molecule has 2 N–H and O–H groups in total. The van der Waals surface area contributed by atoms with Gasteiger partial charge in [-0.3, -0.25) is 0 Å².